The van der Waals surface area contributed by atoms with E-state index in [4.69, 9.17) is 5.73 Å². The number of rotatable bonds is 8. The molecule has 7 nitrogen and oxygen atoms in total. The Labute approximate surface area is 143 Å². The van der Waals surface area contributed by atoms with E-state index in [1.54, 1.807) is 0 Å². The van der Waals surface area contributed by atoms with Crippen LogP contribution in [-0.2, 0) is 14.4 Å². The molecule has 0 bridgehead atoms. The van der Waals surface area contributed by atoms with E-state index in [0.29, 0.717) is 19.4 Å². The Kier molecular flexibility index (Phi) is 10.6. The fourth-order valence-electron chi connectivity index (χ4n) is 2.67. The number of carbonyl (C=O) groups excluding carboxylic acids is 3. The first-order valence-electron chi connectivity index (χ1n) is 8.10. The van der Waals surface area contributed by atoms with Gasteiger partial charge in [0.25, 0.3) is 0 Å². The van der Waals surface area contributed by atoms with Crippen LogP contribution in [0.3, 0.4) is 0 Å². The summed E-state index contributed by atoms with van der Waals surface area (Å²) in [5.41, 5.74) is 4.34. The summed E-state index contributed by atoms with van der Waals surface area (Å²) in [6.07, 6.45) is 6.10. The first-order chi connectivity index (χ1) is 10.5. The van der Waals surface area contributed by atoms with Crippen molar-refractivity contribution in [2.75, 3.05) is 19.6 Å². The van der Waals surface area contributed by atoms with E-state index < -0.39 is 5.54 Å². The van der Waals surface area contributed by atoms with E-state index in [0.717, 1.165) is 32.1 Å². The third-order valence-electron chi connectivity index (χ3n) is 3.97. The SMILES string of the molecule is CCCCNC(=O)C1(NC(=O)CNC(=O)CN)CCCCC1.Cl. The van der Waals surface area contributed by atoms with Crippen molar-refractivity contribution in [2.24, 2.45) is 5.73 Å². The molecule has 1 rings (SSSR count). The minimum Gasteiger partial charge on any atom is -0.354 e. The van der Waals surface area contributed by atoms with E-state index in [1.807, 2.05) is 0 Å². The van der Waals surface area contributed by atoms with Crippen LogP contribution in [0.1, 0.15) is 51.9 Å². The molecular weight excluding hydrogens is 320 g/mol. The standard InChI is InChI=1S/C15H28N4O3.ClH/c1-2-3-9-17-14(22)15(7-5-4-6-8-15)19-13(21)11-18-12(20)10-16;/h2-11,16H2,1H3,(H,17,22)(H,18,20)(H,19,21);1H. The number of hydrogen-bond acceptors (Lipinski definition) is 4. The van der Waals surface area contributed by atoms with Crippen molar-refractivity contribution in [3.63, 3.8) is 0 Å². The van der Waals surface area contributed by atoms with Gasteiger partial charge >= 0.3 is 0 Å². The predicted molar refractivity (Wildman–Crippen MR) is 91.2 cm³/mol. The Morgan fingerprint density at radius 3 is 2.26 bits per heavy atom. The van der Waals surface area contributed by atoms with Gasteiger partial charge in [0.05, 0.1) is 13.1 Å². The van der Waals surface area contributed by atoms with E-state index in [1.165, 1.54) is 0 Å². The zero-order chi connectivity index (χ0) is 16.4. The molecule has 1 aliphatic rings. The normalized spacial score (nSPS) is 15.9. The van der Waals surface area contributed by atoms with E-state index in [-0.39, 0.29) is 43.2 Å². The number of unbranched alkanes of at least 4 members (excludes halogenated alkanes) is 1. The van der Waals surface area contributed by atoms with Crippen molar-refractivity contribution in [3.05, 3.63) is 0 Å². The van der Waals surface area contributed by atoms with Crippen molar-refractivity contribution >= 4 is 30.1 Å². The van der Waals surface area contributed by atoms with Gasteiger partial charge in [-0.05, 0) is 19.3 Å². The van der Waals surface area contributed by atoms with Crippen molar-refractivity contribution in [1.29, 1.82) is 0 Å². The van der Waals surface area contributed by atoms with Crippen LogP contribution in [0.4, 0.5) is 0 Å². The number of nitrogens with one attached hydrogen (secondary N) is 3. The molecule has 5 N–H and O–H groups in total. The summed E-state index contributed by atoms with van der Waals surface area (Å²) in [6.45, 7) is 2.37. The molecule has 0 aliphatic heterocycles. The minimum absolute atomic E-state index is 0. The van der Waals surface area contributed by atoms with Gasteiger partial charge < -0.3 is 21.7 Å². The highest BCUT2D eigenvalue weighted by Gasteiger charge is 2.40. The maximum absolute atomic E-state index is 12.5. The third-order valence-corrected chi connectivity index (χ3v) is 3.97. The molecule has 0 aromatic heterocycles. The summed E-state index contributed by atoms with van der Waals surface area (Å²) in [7, 11) is 0. The largest absolute Gasteiger partial charge is 0.354 e. The molecule has 1 saturated carbocycles. The first kappa shape index (κ1) is 21.7. The van der Waals surface area contributed by atoms with Crippen LogP contribution < -0.4 is 21.7 Å². The number of hydrogen-bond donors (Lipinski definition) is 4. The van der Waals surface area contributed by atoms with Crippen LogP contribution in [0.15, 0.2) is 0 Å². The van der Waals surface area contributed by atoms with E-state index in [2.05, 4.69) is 22.9 Å². The Hall–Kier alpha value is -1.34. The molecule has 0 aromatic rings. The number of amides is 3. The third kappa shape index (κ3) is 7.18. The zero-order valence-electron chi connectivity index (χ0n) is 13.8. The molecule has 0 atom stereocenters. The lowest BCUT2D eigenvalue weighted by Crippen LogP contribution is -2.61. The van der Waals surface area contributed by atoms with E-state index >= 15 is 0 Å². The van der Waals surface area contributed by atoms with Crippen LogP contribution in [0.5, 0.6) is 0 Å². The second-order valence-corrected chi connectivity index (χ2v) is 5.78. The molecule has 0 aromatic carbocycles. The highest BCUT2D eigenvalue weighted by atomic mass is 35.5. The quantitative estimate of drug-likeness (QED) is 0.470. The van der Waals surface area contributed by atoms with Gasteiger partial charge in [-0.15, -0.1) is 12.4 Å². The molecule has 23 heavy (non-hydrogen) atoms. The Morgan fingerprint density at radius 1 is 1.04 bits per heavy atom. The molecule has 134 valence electrons. The summed E-state index contributed by atoms with van der Waals surface area (Å²) >= 11 is 0. The molecule has 0 saturated heterocycles. The van der Waals surface area contributed by atoms with E-state index in [9.17, 15) is 14.4 Å². The van der Waals surface area contributed by atoms with Crippen LogP contribution in [0, 0.1) is 0 Å². The van der Waals surface area contributed by atoms with Gasteiger partial charge in [-0.25, -0.2) is 0 Å². The maximum Gasteiger partial charge on any atom is 0.245 e. The summed E-state index contributed by atoms with van der Waals surface area (Å²) < 4.78 is 0. The van der Waals surface area contributed by atoms with Gasteiger partial charge in [0.15, 0.2) is 0 Å². The lowest BCUT2D eigenvalue weighted by atomic mass is 9.80. The highest BCUT2D eigenvalue weighted by Crippen LogP contribution is 2.28. The Morgan fingerprint density at radius 2 is 1.70 bits per heavy atom. The predicted octanol–water partition coefficient (Wildman–Crippen LogP) is 0.219. The van der Waals surface area contributed by atoms with Gasteiger partial charge in [-0.3, -0.25) is 14.4 Å². The Balaban J connectivity index is 0.00000484. The van der Waals surface area contributed by atoms with Crippen molar-refractivity contribution in [2.45, 2.75) is 57.4 Å². The summed E-state index contributed by atoms with van der Waals surface area (Å²) in [4.78, 5) is 35.6. The topological polar surface area (TPSA) is 113 Å². The van der Waals surface area contributed by atoms with Crippen LogP contribution >= 0.6 is 12.4 Å². The second kappa shape index (κ2) is 11.2. The average molecular weight is 349 g/mol. The van der Waals surface area contributed by atoms with Crippen molar-refractivity contribution < 1.29 is 14.4 Å². The van der Waals surface area contributed by atoms with Gasteiger partial charge in [0.1, 0.15) is 5.54 Å². The van der Waals surface area contributed by atoms with Gasteiger partial charge in [-0.2, -0.15) is 0 Å². The molecule has 0 unspecified atom stereocenters. The lowest BCUT2D eigenvalue weighted by molar-refractivity contribution is -0.135. The van der Waals surface area contributed by atoms with Gasteiger partial charge in [0.2, 0.25) is 17.7 Å². The van der Waals surface area contributed by atoms with Crippen molar-refractivity contribution in [1.82, 2.24) is 16.0 Å². The monoisotopic (exact) mass is 348 g/mol. The molecule has 1 fully saturated rings. The minimum atomic E-state index is -0.837. The maximum atomic E-state index is 12.5. The van der Waals surface area contributed by atoms with Crippen molar-refractivity contribution in [3.8, 4) is 0 Å². The number of carbonyl (C=O) groups is 3. The number of halogens is 1. The smallest absolute Gasteiger partial charge is 0.245 e. The fourth-order valence-corrected chi connectivity index (χ4v) is 2.67. The molecule has 0 heterocycles. The summed E-state index contributed by atoms with van der Waals surface area (Å²) in [5, 5.41) is 8.17. The summed E-state index contributed by atoms with van der Waals surface area (Å²) in [5.74, 6) is -0.853. The van der Waals surface area contributed by atoms with Crippen LogP contribution in [0.2, 0.25) is 0 Å². The molecule has 0 spiro atoms. The first-order valence-corrected chi connectivity index (χ1v) is 8.10. The molecule has 8 heteroatoms. The number of nitrogens with two attached hydrogens (primary N) is 1. The van der Waals surface area contributed by atoms with Gasteiger partial charge in [-0.1, -0.05) is 32.6 Å². The summed E-state index contributed by atoms with van der Waals surface area (Å²) in [6, 6.07) is 0. The molecule has 1 aliphatic carbocycles. The molecule has 0 radical (unpaired) electrons. The van der Waals surface area contributed by atoms with Crippen LogP contribution in [-0.4, -0.2) is 42.9 Å². The molecule has 3 amide bonds. The Bertz CT molecular complexity index is 398. The fraction of sp³-hybridized carbons (Fsp3) is 0.800. The van der Waals surface area contributed by atoms with Gasteiger partial charge in [0, 0.05) is 6.54 Å². The average Bonchev–Trinajstić information content (AvgIpc) is 2.53. The second-order valence-electron chi connectivity index (χ2n) is 5.78. The lowest BCUT2D eigenvalue weighted by Gasteiger charge is -2.36. The zero-order valence-corrected chi connectivity index (χ0v) is 14.6. The molecular formula is C15H29ClN4O3. The van der Waals surface area contributed by atoms with Crippen LogP contribution in [0.25, 0.3) is 0 Å². The highest BCUT2D eigenvalue weighted by molar-refractivity contribution is 5.93.